The second kappa shape index (κ2) is 7.42. The molecule has 1 fully saturated rings. The van der Waals surface area contributed by atoms with Gasteiger partial charge in [0.2, 0.25) is 0 Å². The maximum Gasteiger partial charge on any atom is 1.00 e. The van der Waals surface area contributed by atoms with Crippen LogP contribution in [0.4, 0.5) is 0 Å². The number of hydrogen-bond acceptors (Lipinski definition) is 3. The van der Waals surface area contributed by atoms with Crippen molar-refractivity contribution in [1.29, 1.82) is 0 Å². The first kappa shape index (κ1) is 15.1. The van der Waals surface area contributed by atoms with E-state index in [1.54, 1.807) is 0 Å². The van der Waals surface area contributed by atoms with Gasteiger partial charge >= 0.3 is 29.6 Å². The number of ketones is 1. The van der Waals surface area contributed by atoms with E-state index in [9.17, 15) is 14.7 Å². The molecule has 3 nitrogen and oxygen atoms in total. The van der Waals surface area contributed by atoms with Gasteiger partial charge in [-0.3, -0.25) is 4.79 Å². The van der Waals surface area contributed by atoms with Crippen molar-refractivity contribution in [3.63, 3.8) is 0 Å². The van der Waals surface area contributed by atoms with Gasteiger partial charge in [0.05, 0.1) is 0 Å². The monoisotopic (exact) mass is 220 g/mol. The van der Waals surface area contributed by atoms with Gasteiger partial charge < -0.3 is 9.90 Å². The largest absolute Gasteiger partial charge is 1.00 e. The van der Waals surface area contributed by atoms with Gasteiger partial charge in [0.25, 0.3) is 0 Å². The van der Waals surface area contributed by atoms with Crippen LogP contribution in [0.5, 0.6) is 0 Å². The first-order valence-electron chi connectivity index (χ1n) is 5.42. The van der Waals surface area contributed by atoms with Crippen LogP contribution in [-0.4, -0.2) is 11.8 Å². The van der Waals surface area contributed by atoms with E-state index in [0.29, 0.717) is 5.92 Å². The SMILES string of the molecule is CCCCCCC1CC1C(=O)C(=O)[O-].[Na+]. The summed E-state index contributed by atoms with van der Waals surface area (Å²) in [4.78, 5) is 21.2. The van der Waals surface area contributed by atoms with Gasteiger partial charge in [-0.05, 0) is 18.8 Å². The first-order valence-corrected chi connectivity index (χ1v) is 5.42. The third kappa shape index (κ3) is 5.14. The summed E-state index contributed by atoms with van der Waals surface area (Å²) < 4.78 is 0. The number of carbonyl (C=O) groups excluding carboxylic acids is 2. The Morgan fingerprint density at radius 2 is 1.93 bits per heavy atom. The summed E-state index contributed by atoms with van der Waals surface area (Å²) >= 11 is 0. The first-order chi connectivity index (χ1) is 6.66. The molecule has 0 radical (unpaired) electrons. The van der Waals surface area contributed by atoms with E-state index in [0.717, 1.165) is 19.3 Å². The molecule has 2 atom stereocenters. The zero-order valence-corrected chi connectivity index (χ0v) is 11.6. The van der Waals surface area contributed by atoms with Gasteiger partial charge in [0, 0.05) is 5.92 Å². The number of unbranched alkanes of at least 4 members (excludes halogenated alkanes) is 3. The molecule has 0 saturated heterocycles. The van der Waals surface area contributed by atoms with Crippen LogP contribution in [0.1, 0.15) is 45.4 Å². The number of Topliss-reactive ketones (excluding diaryl/α,β-unsaturated/α-hetero) is 1. The molecule has 0 aliphatic heterocycles. The van der Waals surface area contributed by atoms with Crippen molar-refractivity contribution >= 4 is 11.8 Å². The summed E-state index contributed by atoms with van der Waals surface area (Å²) in [5.41, 5.74) is 0. The van der Waals surface area contributed by atoms with Crippen LogP contribution in [0.2, 0.25) is 0 Å². The fourth-order valence-electron chi connectivity index (χ4n) is 1.87. The van der Waals surface area contributed by atoms with Crippen molar-refractivity contribution < 1.29 is 44.3 Å². The van der Waals surface area contributed by atoms with E-state index in [4.69, 9.17) is 0 Å². The molecule has 2 unspecified atom stereocenters. The van der Waals surface area contributed by atoms with E-state index >= 15 is 0 Å². The van der Waals surface area contributed by atoms with E-state index < -0.39 is 11.8 Å². The Bertz CT molecular complexity index is 228. The van der Waals surface area contributed by atoms with Crippen LogP contribution in [0, 0.1) is 11.8 Å². The quantitative estimate of drug-likeness (QED) is 0.281. The van der Waals surface area contributed by atoms with Crippen molar-refractivity contribution in [2.75, 3.05) is 0 Å². The van der Waals surface area contributed by atoms with Crippen molar-refractivity contribution in [2.45, 2.75) is 45.4 Å². The molecule has 0 bridgehead atoms. The standard InChI is InChI=1S/C11H18O3.Na/c1-2-3-4-5-6-8-7-9(8)10(12)11(13)14;/h8-9H,2-7H2,1H3,(H,13,14);/q;+1/p-1. The van der Waals surface area contributed by atoms with Crippen LogP contribution in [-0.2, 0) is 9.59 Å². The maximum atomic E-state index is 10.9. The molecular formula is C11H17NaO3. The summed E-state index contributed by atoms with van der Waals surface area (Å²) in [6.07, 6.45) is 6.51. The summed E-state index contributed by atoms with van der Waals surface area (Å²) in [7, 11) is 0. The van der Waals surface area contributed by atoms with Gasteiger partial charge in [-0.15, -0.1) is 0 Å². The average Bonchev–Trinajstić information content (AvgIpc) is 2.90. The Morgan fingerprint density at radius 1 is 1.27 bits per heavy atom. The second-order valence-corrected chi connectivity index (χ2v) is 4.10. The summed E-state index contributed by atoms with van der Waals surface area (Å²) in [6, 6.07) is 0. The Kier molecular flexibility index (Phi) is 7.49. The molecule has 0 spiro atoms. The Morgan fingerprint density at radius 3 is 2.47 bits per heavy atom. The van der Waals surface area contributed by atoms with Crippen LogP contribution in [0.25, 0.3) is 0 Å². The van der Waals surface area contributed by atoms with Gasteiger partial charge in [0.15, 0.2) is 5.78 Å². The predicted molar refractivity (Wildman–Crippen MR) is 50.4 cm³/mol. The minimum atomic E-state index is -1.51. The van der Waals surface area contributed by atoms with Crippen molar-refractivity contribution in [3.05, 3.63) is 0 Å². The number of carboxylic acids is 1. The van der Waals surface area contributed by atoms with Crippen LogP contribution < -0.4 is 34.7 Å². The van der Waals surface area contributed by atoms with Crippen molar-refractivity contribution in [2.24, 2.45) is 11.8 Å². The molecular weight excluding hydrogens is 203 g/mol. The molecule has 1 aliphatic carbocycles. The van der Waals surface area contributed by atoms with Crippen molar-refractivity contribution in [3.8, 4) is 0 Å². The van der Waals surface area contributed by atoms with Gasteiger partial charge in [-0.25, -0.2) is 0 Å². The molecule has 80 valence electrons. The normalized spacial score (nSPS) is 23.0. The van der Waals surface area contributed by atoms with E-state index in [2.05, 4.69) is 6.92 Å². The number of rotatable bonds is 7. The number of aliphatic carboxylic acids is 1. The fourth-order valence-corrected chi connectivity index (χ4v) is 1.87. The predicted octanol–water partition coefficient (Wildman–Crippen LogP) is -2.08. The van der Waals surface area contributed by atoms with E-state index in [1.807, 2.05) is 0 Å². The molecule has 0 heterocycles. The summed E-state index contributed by atoms with van der Waals surface area (Å²) in [6.45, 7) is 2.15. The van der Waals surface area contributed by atoms with E-state index in [1.165, 1.54) is 19.3 Å². The molecule has 0 aromatic heterocycles. The fraction of sp³-hybridized carbons (Fsp3) is 0.818. The Labute approximate surface area is 113 Å². The molecule has 1 saturated carbocycles. The molecule has 1 rings (SSSR count). The number of carboxylic acid groups (broad SMARTS) is 1. The molecule has 0 N–H and O–H groups in total. The number of hydrogen-bond donors (Lipinski definition) is 0. The Balaban J connectivity index is 0.00000196. The molecule has 0 amide bonds. The van der Waals surface area contributed by atoms with Crippen LogP contribution in [0.3, 0.4) is 0 Å². The minimum Gasteiger partial charge on any atom is -0.542 e. The number of carbonyl (C=O) groups is 2. The van der Waals surface area contributed by atoms with Gasteiger partial charge in [-0.1, -0.05) is 32.6 Å². The third-order valence-electron chi connectivity index (χ3n) is 2.89. The average molecular weight is 220 g/mol. The molecule has 4 heteroatoms. The van der Waals surface area contributed by atoms with Crippen LogP contribution >= 0.6 is 0 Å². The Hall–Kier alpha value is 0.140. The van der Waals surface area contributed by atoms with Gasteiger partial charge in [-0.2, -0.15) is 0 Å². The second-order valence-electron chi connectivity index (χ2n) is 4.10. The van der Waals surface area contributed by atoms with Gasteiger partial charge in [0.1, 0.15) is 5.97 Å². The smallest absolute Gasteiger partial charge is 0.542 e. The molecule has 0 aromatic rings. The molecule has 0 aromatic carbocycles. The van der Waals surface area contributed by atoms with E-state index in [-0.39, 0.29) is 35.5 Å². The topological polar surface area (TPSA) is 57.2 Å². The third-order valence-corrected chi connectivity index (χ3v) is 2.89. The zero-order valence-electron chi connectivity index (χ0n) is 9.62. The summed E-state index contributed by atoms with van der Waals surface area (Å²) in [5.74, 6) is -2.09. The minimum absolute atomic E-state index is 0. The maximum absolute atomic E-state index is 10.9. The van der Waals surface area contributed by atoms with Crippen LogP contribution in [0.15, 0.2) is 0 Å². The van der Waals surface area contributed by atoms with Crippen molar-refractivity contribution in [1.82, 2.24) is 0 Å². The summed E-state index contributed by atoms with van der Waals surface area (Å²) in [5, 5.41) is 10.2. The zero-order chi connectivity index (χ0) is 10.6. The molecule has 15 heavy (non-hydrogen) atoms. The molecule has 1 aliphatic rings.